The van der Waals surface area contributed by atoms with Gasteiger partial charge >= 0.3 is 6.18 Å². The summed E-state index contributed by atoms with van der Waals surface area (Å²) in [4.78, 5) is 18.8. The Balaban J connectivity index is 1.70. The van der Waals surface area contributed by atoms with Crippen LogP contribution in [0.3, 0.4) is 0 Å². The van der Waals surface area contributed by atoms with E-state index < -0.39 is 23.1 Å². The van der Waals surface area contributed by atoms with Crippen molar-refractivity contribution in [1.82, 2.24) is 10.3 Å². The second-order valence-corrected chi connectivity index (χ2v) is 7.36. The van der Waals surface area contributed by atoms with Crippen LogP contribution >= 0.6 is 0 Å². The minimum absolute atomic E-state index is 0.0327. The largest absolute Gasteiger partial charge is 0.417 e. The van der Waals surface area contributed by atoms with E-state index in [1.54, 1.807) is 0 Å². The van der Waals surface area contributed by atoms with Crippen molar-refractivity contribution in [2.45, 2.75) is 12.2 Å². The maximum atomic E-state index is 13.7. The Morgan fingerprint density at radius 3 is 2.55 bits per heavy atom. The van der Waals surface area contributed by atoms with Crippen molar-refractivity contribution >= 4 is 17.3 Å². The third kappa shape index (κ3) is 4.39. The first-order valence-corrected chi connectivity index (χ1v) is 9.84. The lowest BCUT2D eigenvalue weighted by atomic mass is 9.96. The number of nitrogens with zero attached hydrogens (tertiary/aromatic N) is 2. The van der Waals surface area contributed by atoms with Gasteiger partial charge in [-0.1, -0.05) is 30.3 Å². The smallest absolute Gasteiger partial charge is 0.383 e. The number of carbonyl (C=O) groups is 1. The highest BCUT2D eigenvalue weighted by Crippen LogP contribution is 2.36. The van der Waals surface area contributed by atoms with Gasteiger partial charge in [-0.25, -0.2) is 4.98 Å². The van der Waals surface area contributed by atoms with Crippen LogP contribution in [0.4, 0.5) is 24.7 Å². The number of rotatable bonds is 4. The predicted molar refractivity (Wildman–Crippen MR) is 113 cm³/mol. The standard InChI is InChI=1S/C23H21F3N4O/c24-23(25,26)19-9-8-16(13-18(19)21(31)17-7-4-10-29-22(17)27)30-12-11-28-20(14-30)15-5-2-1-3-6-15/h1-10,13,20,28H,11-12,14H2,(H2,27,29). The van der Waals surface area contributed by atoms with Crippen molar-refractivity contribution < 1.29 is 18.0 Å². The highest BCUT2D eigenvalue weighted by Gasteiger charge is 2.36. The van der Waals surface area contributed by atoms with Crippen LogP contribution in [0.5, 0.6) is 0 Å². The Morgan fingerprint density at radius 1 is 1.06 bits per heavy atom. The van der Waals surface area contributed by atoms with Crippen LogP contribution in [0, 0.1) is 0 Å². The zero-order chi connectivity index (χ0) is 22.0. The topological polar surface area (TPSA) is 71.2 Å². The number of hydrogen-bond acceptors (Lipinski definition) is 5. The fraction of sp³-hybridized carbons (Fsp3) is 0.217. The molecule has 3 aromatic rings. The molecule has 0 saturated carbocycles. The zero-order valence-electron chi connectivity index (χ0n) is 16.6. The summed E-state index contributed by atoms with van der Waals surface area (Å²) in [5.41, 5.74) is 5.94. The van der Waals surface area contributed by atoms with Crippen LogP contribution in [0.1, 0.15) is 33.1 Å². The minimum Gasteiger partial charge on any atom is -0.383 e. The van der Waals surface area contributed by atoms with Crippen LogP contribution < -0.4 is 16.0 Å². The van der Waals surface area contributed by atoms with E-state index in [0.717, 1.165) is 11.6 Å². The lowest BCUT2D eigenvalue weighted by Gasteiger charge is -2.36. The lowest BCUT2D eigenvalue weighted by molar-refractivity contribution is -0.137. The van der Waals surface area contributed by atoms with Gasteiger partial charge in [0.1, 0.15) is 5.82 Å². The third-order valence-electron chi connectivity index (χ3n) is 5.38. The summed E-state index contributed by atoms with van der Waals surface area (Å²) < 4.78 is 41.0. The predicted octanol–water partition coefficient (Wildman–Crippen LogP) is 4.06. The molecule has 160 valence electrons. The van der Waals surface area contributed by atoms with Gasteiger partial charge in [-0.3, -0.25) is 4.79 Å². The van der Waals surface area contributed by atoms with E-state index in [9.17, 15) is 18.0 Å². The number of hydrogen-bond donors (Lipinski definition) is 2. The number of pyridine rings is 1. The fourth-order valence-corrected chi connectivity index (χ4v) is 3.81. The van der Waals surface area contributed by atoms with Crippen molar-refractivity contribution in [3.8, 4) is 0 Å². The fourth-order valence-electron chi connectivity index (χ4n) is 3.81. The first-order valence-electron chi connectivity index (χ1n) is 9.84. The number of nitrogens with two attached hydrogens (primary N) is 1. The van der Waals surface area contributed by atoms with Crippen LogP contribution in [0.2, 0.25) is 0 Å². The van der Waals surface area contributed by atoms with E-state index >= 15 is 0 Å². The highest BCUT2D eigenvalue weighted by atomic mass is 19.4. The van der Waals surface area contributed by atoms with Crippen LogP contribution in [-0.2, 0) is 6.18 Å². The molecule has 4 rings (SSSR count). The number of anilines is 2. The van der Waals surface area contributed by atoms with Crippen LogP contribution in [0.25, 0.3) is 0 Å². The van der Waals surface area contributed by atoms with E-state index in [1.165, 1.54) is 30.5 Å². The number of halogens is 3. The Kier molecular flexibility index (Phi) is 5.65. The first-order chi connectivity index (χ1) is 14.8. The summed E-state index contributed by atoms with van der Waals surface area (Å²) in [6, 6.07) is 16.4. The second kappa shape index (κ2) is 8.39. The van der Waals surface area contributed by atoms with Gasteiger partial charge in [-0.15, -0.1) is 0 Å². The van der Waals surface area contributed by atoms with Crippen molar-refractivity contribution in [3.63, 3.8) is 0 Å². The average molecular weight is 426 g/mol. The number of nitrogen functional groups attached to an aromatic ring is 1. The summed E-state index contributed by atoms with van der Waals surface area (Å²) in [6.45, 7) is 1.84. The zero-order valence-corrected chi connectivity index (χ0v) is 16.6. The molecule has 1 aromatic heterocycles. The number of aromatic nitrogens is 1. The monoisotopic (exact) mass is 426 g/mol. The molecule has 3 N–H and O–H groups in total. The number of ketones is 1. The minimum atomic E-state index is -4.67. The number of benzene rings is 2. The third-order valence-corrected chi connectivity index (χ3v) is 5.38. The van der Waals surface area contributed by atoms with Gasteiger partial charge < -0.3 is 16.0 Å². The molecule has 2 aromatic carbocycles. The molecule has 1 aliphatic heterocycles. The van der Waals surface area contributed by atoms with E-state index in [4.69, 9.17) is 5.73 Å². The molecular weight excluding hydrogens is 405 g/mol. The molecule has 5 nitrogen and oxygen atoms in total. The molecule has 0 radical (unpaired) electrons. The van der Waals surface area contributed by atoms with Gasteiger partial charge in [0.25, 0.3) is 0 Å². The molecule has 0 aliphatic carbocycles. The van der Waals surface area contributed by atoms with Crippen LogP contribution in [-0.4, -0.2) is 30.4 Å². The summed E-state index contributed by atoms with van der Waals surface area (Å²) in [5.74, 6) is -0.896. The lowest BCUT2D eigenvalue weighted by Crippen LogP contribution is -2.46. The molecular formula is C23H21F3N4O. The molecule has 1 unspecified atom stereocenters. The molecule has 1 fully saturated rings. The van der Waals surface area contributed by atoms with Gasteiger partial charge in [-0.05, 0) is 35.9 Å². The summed E-state index contributed by atoms with van der Waals surface area (Å²) in [5, 5.41) is 3.43. The average Bonchev–Trinajstić information content (AvgIpc) is 2.78. The molecule has 1 atom stereocenters. The van der Waals surface area contributed by atoms with E-state index in [-0.39, 0.29) is 17.4 Å². The molecule has 31 heavy (non-hydrogen) atoms. The number of alkyl halides is 3. The van der Waals surface area contributed by atoms with Crippen LogP contribution in [0.15, 0.2) is 66.9 Å². The summed E-state index contributed by atoms with van der Waals surface area (Å²) in [6.07, 6.45) is -3.28. The Morgan fingerprint density at radius 2 is 1.84 bits per heavy atom. The molecule has 1 saturated heterocycles. The van der Waals surface area contributed by atoms with Crippen molar-refractivity contribution in [3.05, 3.63) is 89.1 Å². The Hall–Kier alpha value is -3.39. The van der Waals surface area contributed by atoms with Gasteiger partial charge in [0.2, 0.25) is 0 Å². The highest BCUT2D eigenvalue weighted by molar-refractivity contribution is 6.13. The second-order valence-electron chi connectivity index (χ2n) is 7.36. The normalized spacial score (nSPS) is 16.9. The summed E-state index contributed by atoms with van der Waals surface area (Å²) >= 11 is 0. The van der Waals surface area contributed by atoms with Gasteiger partial charge in [-0.2, -0.15) is 13.2 Å². The quantitative estimate of drug-likeness (QED) is 0.616. The van der Waals surface area contributed by atoms with Crippen molar-refractivity contribution in [2.75, 3.05) is 30.3 Å². The molecule has 0 spiro atoms. The molecule has 2 heterocycles. The molecule has 0 bridgehead atoms. The SMILES string of the molecule is Nc1ncccc1C(=O)c1cc(N2CCNC(c3ccccc3)C2)ccc1C(F)(F)F. The maximum absolute atomic E-state index is 13.7. The number of nitrogens with one attached hydrogen (secondary N) is 1. The van der Waals surface area contributed by atoms with Crippen molar-refractivity contribution in [1.29, 1.82) is 0 Å². The first kappa shape index (κ1) is 20.9. The van der Waals surface area contributed by atoms with Gasteiger partial charge in [0.05, 0.1) is 11.1 Å². The molecule has 1 aliphatic rings. The Labute approximate surface area is 177 Å². The number of carbonyl (C=O) groups excluding carboxylic acids is 1. The van der Waals surface area contributed by atoms with Crippen molar-refractivity contribution in [2.24, 2.45) is 0 Å². The van der Waals surface area contributed by atoms with E-state index in [1.807, 2.05) is 35.2 Å². The van der Waals surface area contributed by atoms with E-state index in [2.05, 4.69) is 10.3 Å². The molecule has 0 amide bonds. The maximum Gasteiger partial charge on any atom is 0.417 e. The number of piperazine rings is 1. The van der Waals surface area contributed by atoms with Gasteiger partial charge in [0, 0.05) is 43.1 Å². The van der Waals surface area contributed by atoms with Gasteiger partial charge in [0.15, 0.2) is 5.78 Å². The summed E-state index contributed by atoms with van der Waals surface area (Å²) in [7, 11) is 0. The van der Waals surface area contributed by atoms with E-state index in [0.29, 0.717) is 25.3 Å². The Bertz CT molecular complexity index is 1090. The molecule has 8 heteroatoms.